The molecule has 1 aromatic rings. The number of guanidine groups is 1. The van der Waals surface area contributed by atoms with Gasteiger partial charge in [-0.15, -0.1) is 0 Å². The third kappa shape index (κ3) is 4.38. The second kappa shape index (κ2) is 9.76. The second-order valence-electron chi connectivity index (χ2n) is 8.93. The van der Waals surface area contributed by atoms with Gasteiger partial charge in [0.1, 0.15) is 5.75 Å². The molecule has 1 saturated carbocycles. The molecule has 0 spiro atoms. The van der Waals surface area contributed by atoms with Crippen LogP contribution in [0.1, 0.15) is 30.9 Å². The molecule has 2 N–H and O–H groups in total. The van der Waals surface area contributed by atoms with E-state index in [1.807, 2.05) is 19.1 Å². The lowest BCUT2D eigenvalue weighted by molar-refractivity contribution is -0.140. The fraction of sp³-hybridized carbons (Fsp3) is 0.560. The third-order valence-corrected chi connectivity index (χ3v) is 6.84. The van der Waals surface area contributed by atoms with Gasteiger partial charge >= 0.3 is 0 Å². The molecule has 4 unspecified atom stereocenters. The van der Waals surface area contributed by atoms with E-state index in [9.17, 15) is 9.59 Å². The first-order chi connectivity index (χ1) is 15.5. The molecule has 0 aromatic heterocycles. The molecule has 1 aliphatic heterocycles. The van der Waals surface area contributed by atoms with E-state index in [1.54, 1.807) is 7.11 Å². The minimum atomic E-state index is -0.112. The Hall–Kier alpha value is -2.83. The maximum Gasteiger partial charge on any atom is 0.233 e. The quantitative estimate of drug-likeness (QED) is 0.203. The van der Waals surface area contributed by atoms with Gasteiger partial charge in [0.25, 0.3) is 0 Å². The number of fused-ring (bicyclic) bond motifs is 5. The van der Waals surface area contributed by atoms with Gasteiger partial charge in [-0.1, -0.05) is 29.8 Å². The molecule has 4 atom stereocenters. The highest BCUT2D eigenvalue weighted by atomic mass is 16.5. The molecule has 2 bridgehead atoms. The van der Waals surface area contributed by atoms with Crippen LogP contribution < -0.4 is 15.4 Å². The summed E-state index contributed by atoms with van der Waals surface area (Å²) in [6, 6.07) is 6.19. The lowest BCUT2D eigenvalue weighted by Crippen LogP contribution is -2.38. The maximum absolute atomic E-state index is 12.8. The van der Waals surface area contributed by atoms with Crippen molar-refractivity contribution < 1.29 is 14.3 Å². The highest BCUT2D eigenvalue weighted by Crippen LogP contribution is 2.52. The predicted octanol–water partition coefficient (Wildman–Crippen LogP) is 2.30. The predicted molar refractivity (Wildman–Crippen MR) is 124 cm³/mol. The van der Waals surface area contributed by atoms with Crippen molar-refractivity contribution >= 4 is 17.8 Å². The first kappa shape index (κ1) is 22.4. The van der Waals surface area contributed by atoms with Crippen LogP contribution in [0.2, 0.25) is 0 Å². The monoisotopic (exact) mass is 438 g/mol. The van der Waals surface area contributed by atoms with E-state index >= 15 is 0 Å². The SMILES string of the molecule is CCNC(=NCCCN1C(=O)C2C3C=CC(C3)C2C1=O)NCCc1cc(C)ccc1OC. The summed E-state index contributed by atoms with van der Waals surface area (Å²) in [5.41, 5.74) is 2.37. The second-order valence-corrected chi connectivity index (χ2v) is 8.93. The van der Waals surface area contributed by atoms with Crippen molar-refractivity contribution in [1.82, 2.24) is 15.5 Å². The van der Waals surface area contributed by atoms with Crippen molar-refractivity contribution in [3.05, 3.63) is 41.5 Å². The Morgan fingerprint density at radius 2 is 1.88 bits per heavy atom. The molecule has 7 heteroatoms. The minimum Gasteiger partial charge on any atom is -0.496 e. The lowest BCUT2D eigenvalue weighted by atomic mass is 9.85. The zero-order chi connectivity index (χ0) is 22.7. The number of amides is 2. The fourth-order valence-corrected chi connectivity index (χ4v) is 5.36. The van der Waals surface area contributed by atoms with Crippen molar-refractivity contribution in [2.24, 2.45) is 28.7 Å². The van der Waals surface area contributed by atoms with Crippen molar-refractivity contribution in [1.29, 1.82) is 0 Å². The summed E-state index contributed by atoms with van der Waals surface area (Å²) in [6.45, 7) is 6.61. The molecule has 32 heavy (non-hydrogen) atoms. The Bertz CT molecular complexity index is 896. The van der Waals surface area contributed by atoms with Crippen LogP contribution in [0.4, 0.5) is 0 Å². The molecule has 1 aromatic carbocycles. The lowest BCUT2D eigenvalue weighted by Gasteiger charge is -2.17. The normalized spacial score (nSPS) is 26.1. The molecule has 7 nitrogen and oxygen atoms in total. The van der Waals surface area contributed by atoms with Crippen LogP contribution in [0.25, 0.3) is 0 Å². The van der Waals surface area contributed by atoms with E-state index in [1.165, 1.54) is 10.5 Å². The summed E-state index contributed by atoms with van der Waals surface area (Å²) in [7, 11) is 1.69. The van der Waals surface area contributed by atoms with E-state index in [4.69, 9.17) is 4.74 Å². The number of rotatable bonds is 9. The fourth-order valence-electron chi connectivity index (χ4n) is 5.36. The van der Waals surface area contributed by atoms with Gasteiger partial charge in [-0.05, 0) is 56.6 Å². The number of carbonyl (C=O) groups is 2. The smallest absolute Gasteiger partial charge is 0.233 e. The molecule has 4 rings (SSSR count). The summed E-state index contributed by atoms with van der Waals surface area (Å²) in [6.07, 6.45) is 6.72. The van der Waals surface area contributed by atoms with Crippen LogP contribution in [0.5, 0.6) is 5.75 Å². The number of aryl methyl sites for hydroxylation is 1. The van der Waals surface area contributed by atoms with Crippen molar-refractivity contribution in [2.45, 2.75) is 33.1 Å². The third-order valence-electron chi connectivity index (χ3n) is 6.84. The number of nitrogens with one attached hydrogen (secondary N) is 2. The van der Waals surface area contributed by atoms with Gasteiger partial charge in [0.2, 0.25) is 11.8 Å². The first-order valence-corrected chi connectivity index (χ1v) is 11.7. The molecule has 2 fully saturated rings. The van der Waals surface area contributed by atoms with Crippen LogP contribution in [0.15, 0.2) is 35.3 Å². The molecule has 1 saturated heterocycles. The standard InChI is InChI=1S/C25H34N4O3/c1-4-26-25(28-12-10-17-14-16(2)6-9-20(17)32-3)27-11-5-13-29-23(30)21-18-7-8-19(15-18)22(21)24(29)31/h6-9,14,18-19,21-22H,4-5,10-13,15H2,1-3H3,(H2,26,27,28). The summed E-state index contributed by atoms with van der Waals surface area (Å²) < 4.78 is 5.46. The minimum absolute atomic E-state index is 0.0259. The molecule has 2 aliphatic carbocycles. The van der Waals surface area contributed by atoms with Crippen LogP contribution >= 0.6 is 0 Å². The Morgan fingerprint density at radius 3 is 2.53 bits per heavy atom. The highest BCUT2D eigenvalue weighted by Gasteiger charge is 2.58. The van der Waals surface area contributed by atoms with E-state index in [0.717, 1.165) is 43.2 Å². The van der Waals surface area contributed by atoms with Gasteiger partial charge < -0.3 is 15.4 Å². The largest absolute Gasteiger partial charge is 0.496 e. The molecule has 172 valence electrons. The van der Waals surface area contributed by atoms with Gasteiger partial charge in [-0.3, -0.25) is 19.5 Å². The van der Waals surface area contributed by atoms with Gasteiger partial charge in [0.15, 0.2) is 5.96 Å². The Kier molecular flexibility index (Phi) is 6.82. The number of likely N-dealkylation sites (tertiary alicyclic amines) is 1. The van der Waals surface area contributed by atoms with Gasteiger partial charge in [-0.2, -0.15) is 0 Å². The van der Waals surface area contributed by atoms with E-state index in [0.29, 0.717) is 19.5 Å². The number of hydrogen-bond donors (Lipinski definition) is 2. The summed E-state index contributed by atoms with van der Waals surface area (Å²) in [5, 5.41) is 6.62. The van der Waals surface area contributed by atoms with Crippen molar-refractivity contribution in [3.63, 3.8) is 0 Å². The van der Waals surface area contributed by atoms with Crippen LogP contribution in [-0.2, 0) is 16.0 Å². The van der Waals surface area contributed by atoms with Crippen LogP contribution in [-0.4, -0.2) is 56.0 Å². The maximum atomic E-state index is 12.8. The zero-order valence-electron chi connectivity index (χ0n) is 19.3. The average molecular weight is 439 g/mol. The van der Waals surface area contributed by atoms with Gasteiger partial charge in [0, 0.05) is 26.2 Å². The molecule has 2 amide bonds. The van der Waals surface area contributed by atoms with Crippen molar-refractivity contribution in [2.75, 3.05) is 33.3 Å². The number of carbonyl (C=O) groups excluding carboxylic acids is 2. The van der Waals surface area contributed by atoms with E-state index in [-0.39, 0.29) is 35.5 Å². The van der Waals surface area contributed by atoms with E-state index < -0.39 is 0 Å². The number of methoxy groups -OCH3 is 1. The summed E-state index contributed by atoms with van der Waals surface area (Å²) in [5.74, 6) is 2.00. The molecular weight excluding hydrogens is 404 g/mol. The highest BCUT2D eigenvalue weighted by molar-refractivity contribution is 6.06. The average Bonchev–Trinajstić information content (AvgIpc) is 3.46. The number of imide groups is 1. The van der Waals surface area contributed by atoms with Gasteiger partial charge in [-0.25, -0.2) is 0 Å². The Balaban J connectivity index is 1.26. The molecule has 1 heterocycles. The topological polar surface area (TPSA) is 83.0 Å². The number of ether oxygens (including phenoxy) is 1. The molecule has 3 aliphatic rings. The van der Waals surface area contributed by atoms with Gasteiger partial charge in [0.05, 0.1) is 18.9 Å². The van der Waals surface area contributed by atoms with Crippen LogP contribution in [0, 0.1) is 30.6 Å². The van der Waals surface area contributed by atoms with Crippen molar-refractivity contribution in [3.8, 4) is 5.75 Å². The molecular formula is C25H34N4O3. The number of aliphatic imine (C=N–C) groups is 1. The summed E-state index contributed by atoms with van der Waals surface area (Å²) >= 11 is 0. The number of allylic oxidation sites excluding steroid dienone is 2. The summed E-state index contributed by atoms with van der Waals surface area (Å²) in [4.78, 5) is 31.7. The molecule has 0 radical (unpaired) electrons. The first-order valence-electron chi connectivity index (χ1n) is 11.7. The Labute approximate surface area is 190 Å². The number of nitrogens with zero attached hydrogens (tertiary/aromatic N) is 2. The van der Waals surface area contributed by atoms with Crippen LogP contribution in [0.3, 0.4) is 0 Å². The number of hydrogen-bond acceptors (Lipinski definition) is 4. The Morgan fingerprint density at radius 1 is 1.16 bits per heavy atom. The van der Waals surface area contributed by atoms with E-state index in [2.05, 4.69) is 40.8 Å². The number of benzene rings is 1. The zero-order valence-corrected chi connectivity index (χ0v) is 19.3.